The van der Waals surface area contributed by atoms with Crippen LogP contribution in [0, 0.1) is 0 Å². The Hall–Kier alpha value is -0.280. The van der Waals surface area contributed by atoms with Crippen molar-refractivity contribution in [3.8, 4) is 0 Å². The van der Waals surface area contributed by atoms with E-state index < -0.39 is 0 Å². The van der Waals surface area contributed by atoms with Crippen molar-refractivity contribution >= 4 is 17.6 Å². The highest BCUT2D eigenvalue weighted by atomic mass is 35.5. The van der Waals surface area contributed by atoms with Crippen molar-refractivity contribution in [3.05, 3.63) is 0 Å². The van der Waals surface area contributed by atoms with Gasteiger partial charge in [-0.05, 0) is 12.8 Å². The van der Waals surface area contributed by atoms with E-state index in [0.29, 0.717) is 18.9 Å². The fourth-order valence-electron chi connectivity index (χ4n) is 0.782. The van der Waals surface area contributed by atoms with Crippen LogP contribution in [0.4, 0.5) is 0 Å². The summed E-state index contributed by atoms with van der Waals surface area (Å²) in [5, 5.41) is 8.44. The minimum atomic E-state index is -0.200. The molecule has 0 rings (SSSR count). The largest absolute Gasteiger partial charge is 0.464 e. The molecule has 0 aliphatic carbocycles. The lowest BCUT2D eigenvalue weighted by Gasteiger charge is -2.01. The molecule has 0 atom stereocenters. The predicted molar refractivity (Wildman–Crippen MR) is 47.2 cm³/mol. The third-order valence-corrected chi connectivity index (χ3v) is 1.53. The number of hydrogen-bond donors (Lipinski definition) is 1. The van der Waals surface area contributed by atoms with E-state index in [2.05, 4.69) is 0 Å². The van der Waals surface area contributed by atoms with E-state index in [0.717, 1.165) is 19.3 Å². The summed E-state index contributed by atoms with van der Waals surface area (Å²) in [6.45, 7) is 0.483. The molecule has 0 saturated heterocycles. The van der Waals surface area contributed by atoms with E-state index in [4.69, 9.17) is 21.4 Å². The third kappa shape index (κ3) is 7.82. The fraction of sp³-hybridized carbons (Fsp3) is 0.875. The Bertz CT molecular complexity index is 117. The Labute approximate surface area is 77.7 Å². The number of alkyl halides is 1. The van der Waals surface area contributed by atoms with Crippen LogP contribution in [0.3, 0.4) is 0 Å². The second kappa shape index (κ2) is 8.81. The summed E-state index contributed by atoms with van der Waals surface area (Å²) in [6, 6.07) is 0. The van der Waals surface area contributed by atoms with Crippen LogP contribution in [0.2, 0.25) is 0 Å². The maximum absolute atomic E-state index is 10.8. The molecule has 0 spiro atoms. The standard InChI is InChI=1S/C8H15ClO3/c9-5-7-12-8(11)4-2-1-3-6-10/h10H,1-7H2. The number of ether oxygens (including phenoxy) is 1. The van der Waals surface area contributed by atoms with Gasteiger partial charge in [-0.25, -0.2) is 0 Å². The monoisotopic (exact) mass is 194 g/mol. The van der Waals surface area contributed by atoms with Gasteiger partial charge in [0.05, 0.1) is 5.88 Å². The topological polar surface area (TPSA) is 46.5 Å². The average molecular weight is 195 g/mol. The van der Waals surface area contributed by atoms with Gasteiger partial charge in [-0.1, -0.05) is 6.42 Å². The van der Waals surface area contributed by atoms with Gasteiger partial charge in [0.25, 0.3) is 0 Å². The summed E-state index contributed by atoms with van der Waals surface area (Å²) in [5.74, 6) is 0.149. The molecular weight excluding hydrogens is 180 g/mol. The van der Waals surface area contributed by atoms with Gasteiger partial charge in [-0.3, -0.25) is 4.79 Å². The maximum Gasteiger partial charge on any atom is 0.305 e. The molecule has 1 N–H and O–H groups in total. The number of carbonyl (C=O) groups excluding carboxylic acids is 1. The number of aliphatic hydroxyl groups excluding tert-OH is 1. The first-order chi connectivity index (χ1) is 5.81. The number of aliphatic hydroxyl groups is 1. The Morgan fingerprint density at radius 1 is 1.33 bits per heavy atom. The van der Waals surface area contributed by atoms with Gasteiger partial charge in [0.1, 0.15) is 6.61 Å². The van der Waals surface area contributed by atoms with Gasteiger partial charge in [0.2, 0.25) is 0 Å². The van der Waals surface area contributed by atoms with Crippen LogP contribution in [0.1, 0.15) is 25.7 Å². The van der Waals surface area contributed by atoms with Crippen LogP contribution in [-0.4, -0.2) is 30.2 Å². The van der Waals surface area contributed by atoms with E-state index in [1.54, 1.807) is 0 Å². The zero-order valence-corrected chi connectivity index (χ0v) is 7.85. The molecule has 0 aliphatic heterocycles. The molecule has 0 aromatic heterocycles. The molecule has 0 aromatic carbocycles. The summed E-state index contributed by atoms with van der Waals surface area (Å²) in [4.78, 5) is 10.8. The summed E-state index contributed by atoms with van der Waals surface area (Å²) < 4.78 is 4.74. The van der Waals surface area contributed by atoms with Crippen LogP contribution in [0.25, 0.3) is 0 Å². The zero-order valence-electron chi connectivity index (χ0n) is 7.09. The van der Waals surface area contributed by atoms with Crippen LogP contribution in [-0.2, 0) is 9.53 Å². The van der Waals surface area contributed by atoms with Gasteiger partial charge in [0, 0.05) is 13.0 Å². The lowest BCUT2D eigenvalue weighted by molar-refractivity contribution is -0.143. The first-order valence-electron chi connectivity index (χ1n) is 4.13. The molecule has 0 unspecified atom stereocenters. The molecule has 0 fully saturated rings. The van der Waals surface area contributed by atoms with Gasteiger partial charge in [0.15, 0.2) is 0 Å². The van der Waals surface area contributed by atoms with Crippen molar-refractivity contribution in [2.75, 3.05) is 19.1 Å². The van der Waals surface area contributed by atoms with E-state index in [1.165, 1.54) is 0 Å². The molecule has 3 nitrogen and oxygen atoms in total. The number of halogens is 1. The Morgan fingerprint density at radius 2 is 2.08 bits per heavy atom. The molecule has 0 aliphatic rings. The molecule has 0 aromatic rings. The van der Waals surface area contributed by atoms with Crippen molar-refractivity contribution < 1.29 is 14.6 Å². The zero-order chi connectivity index (χ0) is 9.23. The molecule has 0 amide bonds. The van der Waals surface area contributed by atoms with Crippen molar-refractivity contribution in [2.45, 2.75) is 25.7 Å². The quantitative estimate of drug-likeness (QED) is 0.378. The second-order valence-corrected chi connectivity index (χ2v) is 2.82. The number of unbranched alkanes of at least 4 members (excludes halogenated alkanes) is 2. The molecule has 72 valence electrons. The number of rotatable bonds is 7. The Balaban J connectivity index is 3.08. The molecule has 12 heavy (non-hydrogen) atoms. The van der Waals surface area contributed by atoms with Crippen molar-refractivity contribution in [2.24, 2.45) is 0 Å². The molecule has 4 heteroatoms. The van der Waals surface area contributed by atoms with E-state index >= 15 is 0 Å². The van der Waals surface area contributed by atoms with Gasteiger partial charge in [-0.15, -0.1) is 11.6 Å². The molecule has 0 bridgehead atoms. The lowest BCUT2D eigenvalue weighted by Crippen LogP contribution is -2.06. The van der Waals surface area contributed by atoms with Crippen LogP contribution in [0.15, 0.2) is 0 Å². The maximum atomic E-state index is 10.8. The van der Waals surface area contributed by atoms with Crippen LogP contribution >= 0.6 is 11.6 Å². The number of esters is 1. The smallest absolute Gasteiger partial charge is 0.305 e. The summed E-state index contributed by atoms with van der Waals surface area (Å²) in [5.41, 5.74) is 0. The summed E-state index contributed by atoms with van der Waals surface area (Å²) in [6.07, 6.45) is 2.83. The van der Waals surface area contributed by atoms with Crippen LogP contribution < -0.4 is 0 Å². The molecule has 0 heterocycles. The van der Waals surface area contributed by atoms with E-state index in [9.17, 15) is 4.79 Å². The summed E-state index contributed by atoms with van der Waals surface area (Å²) >= 11 is 5.32. The number of hydrogen-bond acceptors (Lipinski definition) is 3. The predicted octanol–water partition coefficient (Wildman–Crippen LogP) is 1.32. The fourth-order valence-corrected chi connectivity index (χ4v) is 0.860. The third-order valence-electron chi connectivity index (χ3n) is 1.38. The SMILES string of the molecule is O=C(CCCCCO)OCCCl. The Kier molecular flexibility index (Phi) is 8.61. The highest BCUT2D eigenvalue weighted by molar-refractivity contribution is 6.18. The molecular formula is C8H15ClO3. The number of carbonyl (C=O) groups is 1. The van der Waals surface area contributed by atoms with Crippen LogP contribution in [0.5, 0.6) is 0 Å². The summed E-state index contributed by atoms with van der Waals surface area (Å²) in [7, 11) is 0. The first kappa shape index (κ1) is 11.7. The molecule has 0 radical (unpaired) electrons. The van der Waals surface area contributed by atoms with Gasteiger partial charge >= 0.3 is 5.97 Å². The minimum absolute atomic E-state index is 0.191. The average Bonchev–Trinajstić information content (AvgIpc) is 2.09. The first-order valence-corrected chi connectivity index (χ1v) is 4.67. The van der Waals surface area contributed by atoms with Gasteiger partial charge < -0.3 is 9.84 Å². The normalized spacial score (nSPS) is 9.83. The highest BCUT2D eigenvalue weighted by Gasteiger charge is 2.00. The second-order valence-electron chi connectivity index (χ2n) is 2.44. The van der Waals surface area contributed by atoms with Crippen molar-refractivity contribution in [1.82, 2.24) is 0 Å². The van der Waals surface area contributed by atoms with E-state index in [-0.39, 0.29) is 12.6 Å². The van der Waals surface area contributed by atoms with E-state index in [1.807, 2.05) is 0 Å². The highest BCUT2D eigenvalue weighted by Crippen LogP contribution is 2.00. The molecule has 0 saturated carbocycles. The van der Waals surface area contributed by atoms with Crippen molar-refractivity contribution in [3.63, 3.8) is 0 Å². The Morgan fingerprint density at radius 3 is 2.67 bits per heavy atom. The van der Waals surface area contributed by atoms with Crippen molar-refractivity contribution in [1.29, 1.82) is 0 Å². The minimum Gasteiger partial charge on any atom is -0.464 e. The van der Waals surface area contributed by atoms with Gasteiger partial charge in [-0.2, -0.15) is 0 Å². The lowest BCUT2D eigenvalue weighted by atomic mass is 10.2.